The van der Waals surface area contributed by atoms with Crippen molar-refractivity contribution in [2.75, 3.05) is 20.1 Å². The van der Waals surface area contributed by atoms with E-state index in [0.29, 0.717) is 0 Å². The zero-order valence-electron chi connectivity index (χ0n) is 9.74. The molecular weight excluding hydrogens is 217 g/mol. The first-order valence-corrected chi connectivity index (χ1v) is 5.79. The number of benzene rings is 1. The summed E-state index contributed by atoms with van der Waals surface area (Å²) in [5.74, 6) is 0.676. The van der Waals surface area contributed by atoms with Gasteiger partial charge in [-0.2, -0.15) is 0 Å². The van der Waals surface area contributed by atoms with Crippen LogP contribution in [0.2, 0.25) is 0 Å². The van der Waals surface area contributed by atoms with E-state index in [9.17, 15) is 4.39 Å². The second kappa shape index (κ2) is 4.00. The number of hydrogen-bond donors (Lipinski definition) is 0. The van der Waals surface area contributed by atoms with Gasteiger partial charge in [0.05, 0.1) is 6.26 Å². The normalized spacial score (nSPS) is 17.4. The molecule has 2 heterocycles. The van der Waals surface area contributed by atoms with Crippen molar-refractivity contribution in [3.63, 3.8) is 0 Å². The Hall–Kier alpha value is -1.61. The van der Waals surface area contributed by atoms with Gasteiger partial charge in [0.15, 0.2) is 0 Å². The van der Waals surface area contributed by atoms with Crippen LogP contribution in [-0.2, 0) is 0 Å². The van der Waals surface area contributed by atoms with Crippen LogP contribution in [0.1, 0.15) is 12.2 Å². The molecule has 2 aromatic rings. The van der Waals surface area contributed by atoms with E-state index in [-0.39, 0.29) is 5.82 Å². The molecule has 2 nitrogen and oxygen atoms in total. The average Bonchev–Trinajstić information content (AvgIpc) is 2.73. The van der Waals surface area contributed by atoms with Crippen LogP contribution in [0.15, 0.2) is 35.0 Å². The Kier molecular flexibility index (Phi) is 2.48. The quantitative estimate of drug-likeness (QED) is 0.748. The van der Waals surface area contributed by atoms with Crippen LogP contribution in [0, 0.1) is 5.82 Å². The topological polar surface area (TPSA) is 16.4 Å². The minimum Gasteiger partial charge on any atom is -0.463 e. The van der Waals surface area contributed by atoms with E-state index in [1.54, 1.807) is 12.3 Å². The van der Waals surface area contributed by atoms with Crippen molar-refractivity contribution in [2.45, 2.75) is 6.42 Å². The molecule has 0 atom stereocenters. The smallest absolute Gasteiger partial charge is 0.137 e. The molecule has 1 aromatic carbocycles. The molecule has 0 spiro atoms. The van der Waals surface area contributed by atoms with Gasteiger partial charge in [0.2, 0.25) is 0 Å². The Morgan fingerprint density at radius 1 is 1.35 bits per heavy atom. The van der Waals surface area contributed by atoms with E-state index < -0.39 is 0 Å². The monoisotopic (exact) mass is 231 g/mol. The Labute approximate surface area is 99.3 Å². The summed E-state index contributed by atoms with van der Waals surface area (Å²) in [5.41, 5.74) is 1.23. The van der Waals surface area contributed by atoms with Gasteiger partial charge in [0.25, 0.3) is 0 Å². The first-order chi connectivity index (χ1) is 8.24. The molecule has 0 unspecified atom stereocenters. The third-order valence-corrected chi connectivity index (χ3v) is 3.27. The summed E-state index contributed by atoms with van der Waals surface area (Å²) in [7, 11) is 2.10. The van der Waals surface area contributed by atoms with E-state index in [1.807, 2.05) is 0 Å². The van der Waals surface area contributed by atoms with Crippen LogP contribution in [-0.4, -0.2) is 25.0 Å². The maximum Gasteiger partial charge on any atom is 0.137 e. The summed E-state index contributed by atoms with van der Waals surface area (Å²) in [5, 5.41) is 1.84. The van der Waals surface area contributed by atoms with Gasteiger partial charge in [-0.3, -0.25) is 0 Å². The lowest BCUT2D eigenvalue weighted by molar-refractivity contribution is 0.367. The molecule has 0 bridgehead atoms. The standard InChI is InChI=1S/C14H14FNO/c1-16-6-4-10(5-7-16)14-13-3-2-12(15)8-11(13)9-17-14/h2-4,8-9H,5-7H2,1H3. The largest absolute Gasteiger partial charge is 0.463 e. The lowest BCUT2D eigenvalue weighted by Gasteiger charge is -2.20. The number of likely N-dealkylation sites (N-methyl/N-ethyl adjacent to an activating group) is 1. The molecule has 1 aliphatic heterocycles. The third kappa shape index (κ3) is 1.87. The van der Waals surface area contributed by atoms with Gasteiger partial charge in [-0.25, -0.2) is 4.39 Å². The molecule has 3 rings (SSSR count). The molecule has 0 aliphatic carbocycles. The van der Waals surface area contributed by atoms with Gasteiger partial charge in [0.1, 0.15) is 11.6 Å². The summed E-state index contributed by atoms with van der Waals surface area (Å²) >= 11 is 0. The summed E-state index contributed by atoms with van der Waals surface area (Å²) in [6, 6.07) is 4.79. The van der Waals surface area contributed by atoms with E-state index in [0.717, 1.165) is 36.0 Å². The number of hydrogen-bond acceptors (Lipinski definition) is 2. The second-order valence-corrected chi connectivity index (χ2v) is 4.54. The van der Waals surface area contributed by atoms with Crippen molar-refractivity contribution in [3.05, 3.63) is 42.1 Å². The fraction of sp³-hybridized carbons (Fsp3) is 0.286. The lowest BCUT2D eigenvalue weighted by atomic mass is 10.0. The van der Waals surface area contributed by atoms with Crippen molar-refractivity contribution < 1.29 is 8.81 Å². The fourth-order valence-corrected chi connectivity index (χ4v) is 2.25. The van der Waals surface area contributed by atoms with E-state index in [2.05, 4.69) is 18.0 Å². The summed E-state index contributed by atoms with van der Waals surface area (Å²) in [6.45, 7) is 1.98. The highest BCUT2D eigenvalue weighted by Crippen LogP contribution is 2.30. The van der Waals surface area contributed by atoms with E-state index in [1.165, 1.54) is 17.7 Å². The Morgan fingerprint density at radius 3 is 3.00 bits per heavy atom. The molecule has 0 amide bonds. The molecule has 88 valence electrons. The minimum atomic E-state index is -0.220. The molecule has 17 heavy (non-hydrogen) atoms. The Balaban J connectivity index is 2.06. The van der Waals surface area contributed by atoms with Crippen molar-refractivity contribution in [1.82, 2.24) is 4.90 Å². The molecule has 1 aromatic heterocycles. The molecule has 0 saturated carbocycles. The summed E-state index contributed by atoms with van der Waals surface area (Å²) in [4.78, 5) is 2.26. The maximum atomic E-state index is 13.1. The number of nitrogens with zero attached hydrogens (tertiary/aromatic N) is 1. The average molecular weight is 231 g/mol. The number of fused-ring (bicyclic) bond motifs is 1. The van der Waals surface area contributed by atoms with Gasteiger partial charge in [-0.05, 0) is 37.2 Å². The van der Waals surface area contributed by atoms with Crippen LogP contribution in [0.3, 0.4) is 0 Å². The van der Waals surface area contributed by atoms with Crippen molar-refractivity contribution in [2.24, 2.45) is 0 Å². The molecule has 3 heteroatoms. The molecule has 1 aliphatic rings. The fourth-order valence-electron chi connectivity index (χ4n) is 2.25. The first kappa shape index (κ1) is 10.5. The number of furan rings is 1. The van der Waals surface area contributed by atoms with Gasteiger partial charge in [-0.1, -0.05) is 6.08 Å². The van der Waals surface area contributed by atoms with Crippen molar-refractivity contribution in [3.8, 4) is 0 Å². The van der Waals surface area contributed by atoms with Crippen LogP contribution in [0.4, 0.5) is 4.39 Å². The van der Waals surface area contributed by atoms with E-state index >= 15 is 0 Å². The van der Waals surface area contributed by atoms with E-state index in [4.69, 9.17) is 4.42 Å². The molecule has 0 fully saturated rings. The Morgan fingerprint density at radius 2 is 2.24 bits per heavy atom. The zero-order valence-corrected chi connectivity index (χ0v) is 9.74. The molecule has 0 N–H and O–H groups in total. The molecular formula is C14H14FNO. The highest BCUT2D eigenvalue weighted by Gasteiger charge is 2.15. The lowest BCUT2D eigenvalue weighted by Crippen LogP contribution is -2.23. The van der Waals surface area contributed by atoms with Crippen LogP contribution in [0.25, 0.3) is 16.3 Å². The van der Waals surface area contributed by atoms with Crippen molar-refractivity contribution >= 4 is 16.3 Å². The van der Waals surface area contributed by atoms with Gasteiger partial charge < -0.3 is 9.32 Å². The second-order valence-electron chi connectivity index (χ2n) is 4.54. The SMILES string of the molecule is CN1CC=C(c2occ3cc(F)ccc23)CC1. The predicted molar refractivity (Wildman–Crippen MR) is 66.3 cm³/mol. The van der Waals surface area contributed by atoms with Crippen molar-refractivity contribution in [1.29, 1.82) is 0 Å². The predicted octanol–water partition coefficient (Wildman–Crippen LogP) is 3.29. The Bertz CT molecular complexity index is 585. The summed E-state index contributed by atoms with van der Waals surface area (Å²) < 4.78 is 18.7. The van der Waals surface area contributed by atoms with Crippen LogP contribution < -0.4 is 0 Å². The number of halogens is 1. The van der Waals surface area contributed by atoms with Gasteiger partial charge >= 0.3 is 0 Å². The van der Waals surface area contributed by atoms with Gasteiger partial charge in [0, 0.05) is 23.9 Å². The molecule has 0 radical (unpaired) electrons. The van der Waals surface area contributed by atoms with Crippen LogP contribution >= 0.6 is 0 Å². The molecule has 0 saturated heterocycles. The zero-order chi connectivity index (χ0) is 11.8. The van der Waals surface area contributed by atoms with Crippen LogP contribution in [0.5, 0.6) is 0 Å². The highest BCUT2D eigenvalue weighted by atomic mass is 19.1. The summed E-state index contributed by atoms with van der Waals surface area (Å²) in [6.07, 6.45) is 4.80. The maximum absolute atomic E-state index is 13.1. The highest BCUT2D eigenvalue weighted by molar-refractivity contribution is 5.91. The van der Waals surface area contributed by atoms with Gasteiger partial charge in [-0.15, -0.1) is 0 Å². The number of rotatable bonds is 1. The first-order valence-electron chi connectivity index (χ1n) is 5.79. The third-order valence-electron chi connectivity index (χ3n) is 3.27. The minimum absolute atomic E-state index is 0.220.